The lowest BCUT2D eigenvalue weighted by Gasteiger charge is -2.01. The van der Waals surface area contributed by atoms with Crippen LogP contribution in [0.25, 0.3) is 0 Å². The van der Waals surface area contributed by atoms with Gasteiger partial charge in [0.15, 0.2) is 0 Å². The van der Waals surface area contributed by atoms with Crippen LogP contribution in [-0.4, -0.2) is 6.61 Å². The van der Waals surface area contributed by atoms with Crippen LogP contribution in [0.2, 0.25) is 0 Å². The summed E-state index contributed by atoms with van der Waals surface area (Å²) in [6.07, 6.45) is 5.02. The maximum absolute atomic E-state index is 5.49. The van der Waals surface area contributed by atoms with E-state index in [1.165, 1.54) is 19.3 Å². The molecular weight excluding hydrogens is 176 g/mol. The fourth-order valence-corrected chi connectivity index (χ4v) is 1.37. The Balaban J connectivity index is 1.99. The first-order chi connectivity index (χ1) is 6.83. The standard InChI is InChI=1S/C12H20O2/c1-3-4-5-6-9-13-10-12-8-7-11(2)14-12/h7-8H,3-6,9-10H2,1-2H3. The van der Waals surface area contributed by atoms with Crippen LogP contribution in [0.3, 0.4) is 0 Å². The van der Waals surface area contributed by atoms with Crippen LogP contribution in [0.15, 0.2) is 16.5 Å². The van der Waals surface area contributed by atoms with E-state index in [1.54, 1.807) is 0 Å². The van der Waals surface area contributed by atoms with Crippen molar-refractivity contribution in [3.05, 3.63) is 23.7 Å². The molecule has 0 bridgehead atoms. The van der Waals surface area contributed by atoms with E-state index < -0.39 is 0 Å². The molecule has 80 valence electrons. The Morgan fingerprint density at radius 3 is 2.71 bits per heavy atom. The van der Waals surface area contributed by atoms with Crippen LogP contribution in [0.1, 0.15) is 44.1 Å². The smallest absolute Gasteiger partial charge is 0.129 e. The Bertz CT molecular complexity index is 240. The van der Waals surface area contributed by atoms with Gasteiger partial charge < -0.3 is 9.15 Å². The van der Waals surface area contributed by atoms with Gasteiger partial charge >= 0.3 is 0 Å². The number of rotatable bonds is 7. The number of unbranched alkanes of at least 4 members (excludes halogenated alkanes) is 3. The van der Waals surface area contributed by atoms with Gasteiger partial charge in [-0.2, -0.15) is 0 Å². The third-order valence-electron chi connectivity index (χ3n) is 2.18. The van der Waals surface area contributed by atoms with Crippen LogP contribution < -0.4 is 0 Å². The minimum absolute atomic E-state index is 0.611. The van der Waals surface area contributed by atoms with E-state index in [-0.39, 0.29) is 0 Å². The minimum Gasteiger partial charge on any atom is -0.464 e. The SMILES string of the molecule is CCCCCCOCc1ccc(C)o1. The highest BCUT2D eigenvalue weighted by Crippen LogP contribution is 2.08. The molecule has 0 fully saturated rings. The summed E-state index contributed by atoms with van der Waals surface area (Å²) >= 11 is 0. The van der Waals surface area contributed by atoms with Crippen molar-refractivity contribution in [2.75, 3.05) is 6.61 Å². The number of hydrogen-bond donors (Lipinski definition) is 0. The average Bonchev–Trinajstić information content (AvgIpc) is 2.58. The van der Waals surface area contributed by atoms with E-state index in [2.05, 4.69) is 6.92 Å². The van der Waals surface area contributed by atoms with E-state index in [0.29, 0.717) is 6.61 Å². The van der Waals surface area contributed by atoms with Crippen molar-refractivity contribution in [3.8, 4) is 0 Å². The second kappa shape index (κ2) is 6.66. The molecule has 0 saturated heterocycles. The Hall–Kier alpha value is -0.760. The normalized spacial score (nSPS) is 10.7. The molecule has 0 aliphatic heterocycles. The van der Waals surface area contributed by atoms with Crippen LogP contribution in [0.5, 0.6) is 0 Å². The number of aryl methyl sites for hydroxylation is 1. The molecule has 14 heavy (non-hydrogen) atoms. The highest BCUT2D eigenvalue weighted by Gasteiger charge is 1.97. The third kappa shape index (κ3) is 4.47. The van der Waals surface area contributed by atoms with Gasteiger partial charge in [0.05, 0.1) is 0 Å². The molecule has 2 heteroatoms. The maximum atomic E-state index is 5.49. The molecule has 0 radical (unpaired) electrons. The van der Waals surface area contributed by atoms with Gasteiger partial charge in [-0.25, -0.2) is 0 Å². The monoisotopic (exact) mass is 196 g/mol. The predicted molar refractivity (Wildman–Crippen MR) is 57.2 cm³/mol. The van der Waals surface area contributed by atoms with Gasteiger partial charge in [0.1, 0.15) is 18.1 Å². The first-order valence-corrected chi connectivity index (χ1v) is 5.46. The summed E-state index contributed by atoms with van der Waals surface area (Å²) in [6.45, 7) is 5.62. The first-order valence-electron chi connectivity index (χ1n) is 5.46. The zero-order chi connectivity index (χ0) is 10.2. The molecule has 1 aromatic rings. The van der Waals surface area contributed by atoms with E-state index >= 15 is 0 Å². The van der Waals surface area contributed by atoms with E-state index in [4.69, 9.17) is 9.15 Å². The summed E-state index contributed by atoms with van der Waals surface area (Å²) in [6, 6.07) is 3.94. The predicted octanol–water partition coefficient (Wildman–Crippen LogP) is 3.68. The van der Waals surface area contributed by atoms with Crippen molar-refractivity contribution >= 4 is 0 Å². The zero-order valence-electron chi connectivity index (χ0n) is 9.21. The molecule has 0 atom stereocenters. The quantitative estimate of drug-likeness (QED) is 0.621. The summed E-state index contributed by atoms with van der Waals surface area (Å²) in [4.78, 5) is 0. The molecule has 0 aliphatic rings. The van der Waals surface area contributed by atoms with Crippen molar-refractivity contribution in [1.82, 2.24) is 0 Å². The minimum atomic E-state index is 0.611. The zero-order valence-corrected chi connectivity index (χ0v) is 9.21. The first kappa shape index (κ1) is 11.3. The molecule has 2 nitrogen and oxygen atoms in total. The number of ether oxygens (including phenoxy) is 1. The second-order valence-electron chi connectivity index (χ2n) is 3.63. The maximum Gasteiger partial charge on any atom is 0.129 e. The Labute approximate surface area is 86.3 Å². The van der Waals surface area contributed by atoms with Crippen molar-refractivity contribution in [1.29, 1.82) is 0 Å². The summed E-state index contributed by atoms with van der Waals surface area (Å²) < 4.78 is 10.9. The number of furan rings is 1. The molecule has 0 N–H and O–H groups in total. The Morgan fingerprint density at radius 2 is 2.07 bits per heavy atom. The van der Waals surface area contributed by atoms with Crippen LogP contribution in [-0.2, 0) is 11.3 Å². The third-order valence-corrected chi connectivity index (χ3v) is 2.18. The van der Waals surface area contributed by atoms with Crippen LogP contribution >= 0.6 is 0 Å². The van der Waals surface area contributed by atoms with Gasteiger partial charge in [0.25, 0.3) is 0 Å². The summed E-state index contributed by atoms with van der Waals surface area (Å²) in [7, 11) is 0. The highest BCUT2D eigenvalue weighted by molar-refractivity contribution is 5.04. The van der Waals surface area contributed by atoms with Gasteiger partial charge in [-0.3, -0.25) is 0 Å². The molecule has 0 saturated carbocycles. The van der Waals surface area contributed by atoms with E-state index in [0.717, 1.165) is 24.5 Å². The lowest BCUT2D eigenvalue weighted by Crippen LogP contribution is -1.94. The largest absolute Gasteiger partial charge is 0.464 e. The molecule has 0 amide bonds. The molecule has 0 aromatic carbocycles. The van der Waals surface area contributed by atoms with Crippen molar-refractivity contribution in [2.45, 2.75) is 46.1 Å². The van der Waals surface area contributed by atoms with Gasteiger partial charge in [0.2, 0.25) is 0 Å². The Kier molecular flexibility index (Phi) is 5.38. The van der Waals surface area contributed by atoms with Crippen molar-refractivity contribution < 1.29 is 9.15 Å². The van der Waals surface area contributed by atoms with Crippen LogP contribution in [0, 0.1) is 6.92 Å². The summed E-state index contributed by atoms with van der Waals surface area (Å²) in [5.41, 5.74) is 0. The molecule has 0 unspecified atom stereocenters. The molecule has 1 aromatic heterocycles. The Morgan fingerprint density at radius 1 is 1.21 bits per heavy atom. The average molecular weight is 196 g/mol. The van der Waals surface area contributed by atoms with Gasteiger partial charge in [-0.1, -0.05) is 26.2 Å². The van der Waals surface area contributed by atoms with Crippen molar-refractivity contribution in [2.24, 2.45) is 0 Å². The second-order valence-corrected chi connectivity index (χ2v) is 3.63. The summed E-state index contributed by atoms with van der Waals surface area (Å²) in [5, 5.41) is 0. The topological polar surface area (TPSA) is 22.4 Å². The van der Waals surface area contributed by atoms with Gasteiger partial charge in [0, 0.05) is 6.61 Å². The van der Waals surface area contributed by atoms with Gasteiger partial charge in [-0.15, -0.1) is 0 Å². The molecule has 0 aliphatic carbocycles. The molecule has 1 heterocycles. The summed E-state index contributed by atoms with van der Waals surface area (Å²) in [5.74, 6) is 1.88. The lowest BCUT2D eigenvalue weighted by molar-refractivity contribution is 0.102. The van der Waals surface area contributed by atoms with E-state index in [1.807, 2.05) is 19.1 Å². The van der Waals surface area contributed by atoms with Gasteiger partial charge in [-0.05, 0) is 25.5 Å². The number of hydrogen-bond acceptors (Lipinski definition) is 2. The van der Waals surface area contributed by atoms with E-state index in [9.17, 15) is 0 Å². The molecule has 0 spiro atoms. The van der Waals surface area contributed by atoms with Crippen molar-refractivity contribution in [3.63, 3.8) is 0 Å². The van der Waals surface area contributed by atoms with Crippen LogP contribution in [0.4, 0.5) is 0 Å². The molecule has 1 rings (SSSR count). The fourth-order valence-electron chi connectivity index (χ4n) is 1.37. The lowest BCUT2D eigenvalue weighted by atomic mass is 10.2. The highest BCUT2D eigenvalue weighted by atomic mass is 16.5. The fraction of sp³-hybridized carbons (Fsp3) is 0.667. The molecular formula is C12H20O2.